The first-order valence-corrected chi connectivity index (χ1v) is 7.55. The van der Waals surface area contributed by atoms with E-state index in [2.05, 4.69) is 0 Å². The van der Waals surface area contributed by atoms with E-state index in [-0.39, 0.29) is 5.91 Å². The van der Waals surface area contributed by atoms with Gasteiger partial charge in [0.05, 0.1) is 16.6 Å². The molecule has 0 bridgehead atoms. The number of hydrogen-bond acceptors (Lipinski definition) is 4. The number of nitrogens with two attached hydrogens (primary N) is 1. The molecule has 0 aromatic carbocycles. The number of rotatable bonds is 4. The molecule has 2 aromatic rings. The van der Waals surface area contributed by atoms with Gasteiger partial charge in [-0.15, -0.1) is 22.7 Å². The lowest BCUT2D eigenvalue weighted by Gasteiger charge is -2.19. The predicted octanol–water partition coefficient (Wildman–Crippen LogP) is 3.71. The zero-order valence-electron chi connectivity index (χ0n) is 9.85. The molecule has 0 atom stereocenters. The molecule has 0 unspecified atom stereocenters. The van der Waals surface area contributed by atoms with Crippen LogP contribution in [0.15, 0.2) is 23.6 Å². The van der Waals surface area contributed by atoms with Gasteiger partial charge in [-0.1, -0.05) is 11.6 Å². The summed E-state index contributed by atoms with van der Waals surface area (Å²) in [5.74, 6) is -0.0190. The largest absolute Gasteiger partial charge is 0.397 e. The summed E-state index contributed by atoms with van der Waals surface area (Å²) in [5.41, 5.74) is 6.32. The van der Waals surface area contributed by atoms with Crippen LogP contribution in [0, 0.1) is 0 Å². The zero-order chi connectivity index (χ0) is 13.1. The molecule has 2 rings (SSSR count). The van der Waals surface area contributed by atoms with Crippen molar-refractivity contribution in [2.75, 3.05) is 12.3 Å². The van der Waals surface area contributed by atoms with Crippen molar-refractivity contribution in [1.82, 2.24) is 4.90 Å². The lowest BCUT2D eigenvalue weighted by atomic mass is 10.3. The van der Waals surface area contributed by atoms with Crippen molar-refractivity contribution in [1.29, 1.82) is 0 Å². The lowest BCUT2D eigenvalue weighted by Crippen LogP contribution is -2.29. The van der Waals surface area contributed by atoms with Gasteiger partial charge < -0.3 is 10.6 Å². The number of carbonyl (C=O) groups is 1. The van der Waals surface area contributed by atoms with Gasteiger partial charge in [0.15, 0.2) is 0 Å². The third-order valence-electron chi connectivity index (χ3n) is 2.53. The van der Waals surface area contributed by atoms with Crippen LogP contribution in [0.2, 0.25) is 4.34 Å². The number of carbonyl (C=O) groups excluding carboxylic acids is 1. The Morgan fingerprint density at radius 1 is 1.44 bits per heavy atom. The van der Waals surface area contributed by atoms with Gasteiger partial charge in [0.25, 0.3) is 5.91 Å². The van der Waals surface area contributed by atoms with Crippen LogP contribution < -0.4 is 5.73 Å². The highest BCUT2D eigenvalue weighted by Crippen LogP contribution is 2.25. The van der Waals surface area contributed by atoms with Crippen molar-refractivity contribution in [3.63, 3.8) is 0 Å². The summed E-state index contributed by atoms with van der Waals surface area (Å²) in [6, 6.07) is 5.55. The Hall–Kier alpha value is -1.04. The van der Waals surface area contributed by atoms with Gasteiger partial charge >= 0.3 is 0 Å². The van der Waals surface area contributed by atoms with Crippen molar-refractivity contribution in [3.05, 3.63) is 37.7 Å². The SMILES string of the molecule is CCN(Cc1ccc(Cl)s1)C(=O)c1sccc1N. The van der Waals surface area contributed by atoms with Gasteiger partial charge in [-0.3, -0.25) is 4.79 Å². The Morgan fingerprint density at radius 2 is 2.22 bits per heavy atom. The molecule has 0 aliphatic heterocycles. The quantitative estimate of drug-likeness (QED) is 0.935. The highest BCUT2D eigenvalue weighted by Gasteiger charge is 2.18. The van der Waals surface area contributed by atoms with Gasteiger partial charge in [-0.2, -0.15) is 0 Å². The van der Waals surface area contributed by atoms with Crippen LogP contribution in [0.1, 0.15) is 21.5 Å². The molecule has 3 nitrogen and oxygen atoms in total. The molecule has 2 N–H and O–H groups in total. The first-order chi connectivity index (χ1) is 8.61. The molecular formula is C12H13ClN2OS2. The van der Waals surface area contributed by atoms with Crippen molar-refractivity contribution in [3.8, 4) is 0 Å². The average molecular weight is 301 g/mol. The summed E-state index contributed by atoms with van der Waals surface area (Å²) in [5, 5.41) is 1.83. The third-order valence-corrected chi connectivity index (χ3v) is 4.67. The average Bonchev–Trinajstić information content (AvgIpc) is 2.94. The number of nitrogen functional groups attached to an aromatic ring is 1. The van der Waals surface area contributed by atoms with Crippen molar-refractivity contribution >= 4 is 45.9 Å². The number of nitrogens with zero attached hydrogens (tertiary/aromatic N) is 1. The van der Waals surface area contributed by atoms with Crippen LogP contribution >= 0.6 is 34.3 Å². The van der Waals surface area contributed by atoms with E-state index in [0.717, 1.165) is 9.21 Å². The summed E-state index contributed by atoms with van der Waals surface area (Å²) in [4.78, 5) is 15.8. The highest BCUT2D eigenvalue weighted by atomic mass is 35.5. The Morgan fingerprint density at radius 3 is 2.72 bits per heavy atom. The fourth-order valence-electron chi connectivity index (χ4n) is 1.59. The summed E-state index contributed by atoms with van der Waals surface area (Å²) in [6.45, 7) is 3.17. The molecule has 0 aliphatic rings. The molecule has 0 radical (unpaired) electrons. The van der Waals surface area contributed by atoms with Crippen molar-refractivity contribution in [2.24, 2.45) is 0 Å². The smallest absolute Gasteiger partial charge is 0.266 e. The molecule has 96 valence electrons. The standard InChI is InChI=1S/C12H13ClN2OS2/c1-2-15(7-8-3-4-10(13)18-8)12(16)11-9(14)5-6-17-11/h3-6H,2,7,14H2,1H3. The van der Waals surface area contributed by atoms with Gasteiger partial charge in [0.1, 0.15) is 4.88 Å². The van der Waals surface area contributed by atoms with E-state index in [1.807, 2.05) is 24.4 Å². The van der Waals surface area contributed by atoms with Crippen LogP contribution in [0.4, 0.5) is 5.69 Å². The second-order valence-corrected chi connectivity index (χ2v) is 6.45. The molecule has 0 aliphatic carbocycles. The van der Waals surface area contributed by atoms with Crippen molar-refractivity contribution in [2.45, 2.75) is 13.5 Å². The van der Waals surface area contributed by atoms with E-state index >= 15 is 0 Å². The number of hydrogen-bond donors (Lipinski definition) is 1. The Labute approximate surface area is 119 Å². The second-order valence-electron chi connectivity index (χ2n) is 3.73. The monoisotopic (exact) mass is 300 g/mol. The molecule has 0 saturated heterocycles. The molecule has 2 aromatic heterocycles. The number of amides is 1. The van der Waals surface area contributed by atoms with Gasteiger partial charge in [-0.05, 0) is 30.5 Å². The normalized spacial score (nSPS) is 10.6. The topological polar surface area (TPSA) is 46.3 Å². The minimum Gasteiger partial charge on any atom is -0.397 e. The van der Waals surface area contributed by atoms with Crippen LogP contribution in [0.25, 0.3) is 0 Å². The van der Waals surface area contributed by atoms with Gasteiger partial charge in [0, 0.05) is 11.4 Å². The lowest BCUT2D eigenvalue weighted by molar-refractivity contribution is 0.0760. The molecular weight excluding hydrogens is 288 g/mol. The summed E-state index contributed by atoms with van der Waals surface area (Å²) >= 11 is 8.76. The molecule has 0 fully saturated rings. The van der Waals surface area contributed by atoms with Gasteiger partial charge in [-0.25, -0.2) is 0 Å². The zero-order valence-corrected chi connectivity index (χ0v) is 12.2. The van der Waals surface area contributed by atoms with Crippen molar-refractivity contribution < 1.29 is 4.79 Å². The van der Waals surface area contributed by atoms with Gasteiger partial charge in [0.2, 0.25) is 0 Å². The molecule has 0 spiro atoms. The van der Waals surface area contributed by atoms with E-state index in [9.17, 15) is 4.79 Å². The summed E-state index contributed by atoms with van der Waals surface area (Å²) < 4.78 is 0.740. The van der Waals surface area contributed by atoms with Crippen LogP contribution in [0.3, 0.4) is 0 Å². The first-order valence-electron chi connectivity index (χ1n) is 5.48. The van der Waals surface area contributed by atoms with E-state index < -0.39 is 0 Å². The summed E-state index contributed by atoms with van der Waals surface area (Å²) in [6.07, 6.45) is 0. The molecule has 18 heavy (non-hydrogen) atoms. The first kappa shape index (κ1) is 13.4. The maximum Gasteiger partial charge on any atom is 0.266 e. The van der Waals surface area contributed by atoms with E-state index in [0.29, 0.717) is 23.7 Å². The molecule has 0 saturated carbocycles. The maximum atomic E-state index is 12.3. The van der Waals surface area contributed by atoms with Crippen LogP contribution in [-0.2, 0) is 6.54 Å². The Bertz CT molecular complexity index is 550. The van der Waals surface area contributed by atoms with E-state index in [4.69, 9.17) is 17.3 Å². The minimum atomic E-state index is -0.0190. The highest BCUT2D eigenvalue weighted by molar-refractivity contribution is 7.16. The third kappa shape index (κ3) is 2.85. The minimum absolute atomic E-state index is 0.0190. The number of thiophene rings is 2. The number of halogens is 1. The Kier molecular flexibility index (Phi) is 4.27. The van der Waals surface area contributed by atoms with E-state index in [1.165, 1.54) is 22.7 Å². The molecule has 1 amide bonds. The second kappa shape index (κ2) is 5.73. The van der Waals surface area contributed by atoms with E-state index in [1.54, 1.807) is 11.0 Å². The van der Waals surface area contributed by atoms with Crippen LogP contribution in [-0.4, -0.2) is 17.4 Å². The molecule has 2 heterocycles. The number of anilines is 1. The maximum absolute atomic E-state index is 12.3. The fourth-order valence-corrected chi connectivity index (χ4v) is 3.48. The fraction of sp³-hybridized carbons (Fsp3) is 0.250. The van der Waals surface area contributed by atoms with Crippen LogP contribution in [0.5, 0.6) is 0 Å². The predicted molar refractivity (Wildman–Crippen MR) is 78.5 cm³/mol. The Balaban J connectivity index is 2.14. The summed E-state index contributed by atoms with van der Waals surface area (Å²) in [7, 11) is 0. The molecule has 6 heteroatoms.